The average molecular weight is 160 g/mol. The number of nitrogens with zero attached hydrogens (tertiary/aromatic N) is 2. The molecule has 0 saturated carbocycles. The lowest BCUT2D eigenvalue weighted by atomic mass is 10.3. The van der Waals surface area contributed by atoms with Gasteiger partial charge in [-0.1, -0.05) is 18.2 Å². The fourth-order valence-corrected chi connectivity index (χ4v) is 1.36. The summed E-state index contributed by atoms with van der Waals surface area (Å²) in [6.07, 6.45) is 1.09. The predicted molar refractivity (Wildman–Crippen MR) is 51.5 cm³/mol. The number of hydrogen-bond acceptors (Lipinski definition) is 2. The molecule has 12 heavy (non-hydrogen) atoms. The van der Waals surface area contributed by atoms with E-state index >= 15 is 0 Å². The van der Waals surface area contributed by atoms with Gasteiger partial charge in [-0.25, -0.2) is 0 Å². The van der Waals surface area contributed by atoms with Gasteiger partial charge in [0.15, 0.2) is 0 Å². The fourth-order valence-electron chi connectivity index (χ4n) is 1.36. The van der Waals surface area contributed by atoms with Crippen molar-refractivity contribution in [1.82, 2.24) is 0 Å². The largest absolute Gasteiger partial charge is 0.265 e. The van der Waals surface area contributed by atoms with E-state index in [1.54, 1.807) is 0 Å². The van der Waals surface area contributed by atoms with E-state index in [0.29, 0.717) is 0 Å². The van der Waals surface area contributed by atoms with E-state index < -0.39 is 0 Å². The molecule has 0 spiro atoms. The summed E-state index contributed by atoms with van der Waals surface area (Å²) in [7, 11) is 0. The molecule has 0 aliphatic carbocycles. The summed E-state index contributed by atoms with van der Waals surface area (Å²) in [6, 6.07) is 10.3. The molecule has 0 atom stereocenters. The van der Waals surface area contributed by atoms with Crippen molar-refractivity contribution in [3.63, 3.8) is 0 Å². The molecule has 0 amide bonds. The van der Waals surface area contributed by atoms with Crippen LogP contribution in [0.15, 0.2) is 35.4 Å². The molecule has 2 rings (SSSR count). The zero-order valence-electron chi connectivity index (χ0n) is 7.20. The summed E-state index contributed by atoms with van der Waals surface area (Å²) < 4.78 is 0. The van der Waals surface area contributed by atoms with E-state index in [-0.39, 0.29) is 0 Å². The molecule has 0 saturated heterocycles. The highest BCUT2D eigenvalue weighted by molar-refractivity contribution is 5.85. The molecule has 1 aromatic rings. The third-order valence-electron chi connectivity index (χ3n) is 2.03. The molecular formula is C10H12N2. The topological polar surface area (TPSA) is 15.6 Å². The van der Waals surface area contributed by atoms with Crippen molar-refractivity contribution in [2.45, 2.75) is 13.3 Å². The monoisotopic (exact) mass is 160 g/mol. The fraction of sp³-hybridized carbons (Fsp3) is 0.300. The summed E-state index contributed by atoms with van der Waals surface area (Å²) in [5.41, 5.74) is 2.41. The molecule has 0 bridgehead atoms. The van der Waals surface area contributed by atoms with Crippen molar-refractivity contribution >= 4 is 11.4 Å². The number of rotatable bonds is 1. The van der Waals surface area contributed by atoms with Crippen molar-refractivity contribution in [2.75, 3.05) is 11.6 Å². The van der Waals surface area contributed by atoms with E-state index in [4.69, 9.17) is 0 Å². The first-order valence-corrected chi connectivity index (χ1v) is 4.23. The molecule has 62 valence electrons. The lowest BCUT2D eigenvalue weighted by Crippen LogP contribution is -2.11. The predicted octanol–water partition coefficient (Wildman–Crippen LogP) is 2.27. The summed E-state index contributed by atoms with van der Waals surface area (Å²) in [5, 5.41) is 6.46. The summed E-state index contributed by atoms with van der Waals surface area (Å²) in [5.74, 6) is 0. The van der Waals surface area contributed by atoms with Gasteiger partial charge in [0.05, 0.1) is 5.69 Å². The molecule has 1 aliphatic rings. The molecular weight excluding hydrogens is 148 g/mol. The number of anilines is 1. The molecule has 0 fully saturated rings. The SMILES string of the molecule is CC1=NN(c2ccccc2)CC1. The van der Waals surface area contributed by atoms with Crippen LogP contribution in [-0.2, 0) is 0 Å². The minimum atomic E-state index is 1.02. The van der Waals surface area contributed by atoms with Crippen LogP contribution in [0.3, 0.4) is 0 Å². The minimum Gasteiger partial charge on any atom is -0.265 e. The molecule has 0 radical (unpaired) electrons. The smallest absolute Gasteiger partial charge is 0.0594 e. The zero-order chi connectivity index (χ0) is 8.39. The highest BCUT2D eigenvalue weighted by Gasteiger charge is 2.11. The lowest BCUT2D eigenvalue weighted by Gasteiger charge is -2.12. The first kappa shape index (κ1) is 7.35. The Morgan fingerprint density at radius 3 is 2.58 bits per heavy atom. The third kappa shape index (κ3) is 1.33. The van der Waals surface area contributed by atoms with Gasteiger partial charge in [-0.05, 0) is 19.1 Å². The highest BCUT2D eigenvalue weighted by atomic mass is 15.5. The number of benzene rings is 1. The summed E-state index contributed by atoms with van der Waals surface area (Å²) in [4.78, 5) is 0. The Kier molecular flexibility index (Phi) is 1.82. The molecule has 1 aromatic carbocycles. The molecule has 1 aliphatic heterocycles. The van der Waals surface area contributed by atoms with Crippen LogP contribution in [0.25, 0.3) is 0 Å². The van der Waals surface area contributed by atoms with E-state index in [9.17, 15) is 0 Å². The number of para-hydroxylation sites is 1. The van der Waals surface area contributed by atoms with Crippen LogP contribution in [0.1, 0.15) is 13.3 Å². The Hall–Kier alpha value is -1.31. The van der Waals surface area contributed by atoms with Gasteiger partial charge in [-0.2, -0.15) is 5.10 Å². The lowest BCUT2D eigenvalue weighted by molar-refractivity contribution is 0.922. The van der Waals surface area contributed by atoms with Gasteiger partial charge in [-0.3, -0.25) is 5.01 Å². The Bertz CT molecular complexity index is 290. The van der Waals surface area contributed by atoms with E-state index in [1.807, 2.05) is 18.2 Å². The minimum absolute atomic E-state index is 1.02. The first-order chi connectivity index (χ1) is 5.86. The zero-order valence-corrected chi connectivity index (χ0v) is 7.20. The van der Waals surface area contributed by atoms with Gasteiger partial charge in [0.2, 0.25) is 0 Å². The highest BCUT2D eigenvalue weighted by Crippen LogP contribution is 2.17. The second-order valence-corrected chi connectivity index (χ2v) is 3.04. The van der Waals surface area contributed by atoms with E-state index in [1.165, 1.54) is 11.4 Å². The molecule has 2 heteroatoms. The molecule has 0 N–H and O–H groups in total. The maximum absolute atomic E-state index is 4.41. The number of hydrogen-bond donors (Lipinski definition) is 0. The molecule has 1 heterocycles. The van der Waals surface area contributed by atoms with Crippen molar-refractivity contribution in [3.05, 3.63) is 30.3 Å². The van der Waals surface area contributed by atoms with Crippen molar-refractivity contribution < 1.29 is 0 Å². The van der Waals surface area contributed by atoms with E-state index in [2.05, 4.69) is 29.2 Å². The standard InChI is InChI=1S/C10H12N2/c1-9-7-8-12(11-9)10-5-3-2-4-6-10/h2-6H,7-8H2,1H3. The van der Waals surface area contributed by atoms with Crippen LogP contribution in [0, 0.1) is 0 Å². The van der Waals surface area contributed by atoms with Crippen LogP contribution < -0.4 is 5.01 Å². The quantitative estimate of drug-likeness (QED) is 0.615. The molecule has 0 aromatic heterocycles. The van der Waals surface area contributed by atoms with Gasteiger partial charge < -0.3 is 0 Å². The maximum atomic E-state index is 4.41. The first-order valence-electron chi connectivity index (χ1n) is 4.23. The summed E-state index contributed by atoms with van der Waals surface area (Å²) >= 11 is 0. The normalized spacial score (nSPS) is 16.4. The van der Waals surface area contributed by atoms with Crippen LogP contribution in [0.2, 0.25) is 0 Å². The Labute approximate surface area is 72.5 Å². The van der Waals surface area contributed by atoms with Crippen LogP contribution in [0.5, 0.6) is 0 Å². The van der Waals surface area contributed by atoms with Gasteiger partial charge in [0.25, 0.3) is 0 Å². The average Bonchev–Trinajstić information content (AvgIpc) is 2.54. The Morgan fingerprint density at radius 1 is 1.25 bits per heavy atom. The second-order valence-electron chi connectivity index (χ2n) is 3.04. The van der Waals surface area contributed by atoms with Crippen LogP contribution in [-0.4, -0.2) is 12.3 Å². The van der Waals surface area contributed by atoms with Gasteiger partial charge >= 0.3 is 0 Å². The maximum Gasteiger partial charge on any atom is 0.0594 e. The van der Waals surface area contributed by atoms with Crippen molar-refractivity contribution in [2.24, 2.45) is 5.10 Å². The van der Waals surface area contributed by atoms with Crippen LogP contribution in [0.4, 0.5) is 5.69 Å². The van der Waals surface area contributed by atoms with Gasteiger partial charge in [0.1, 0.15) is 0 Å². The van der Waals surface area contributed by atoms with E-state index in [0.717, 1.165) is 13.0 Å². The molecule has 0 unspecified atom stereocenters. The Balaban J connectivity index is 2.22. The van der Waals surface area contributed by atoms with Gasteiger partial charge in [0, 0.05) is 18.7 Å². The Morgan fingerprint density at radius 2 is 2.00 bits per heavy atom. The van der Waals surface area contributed by atoms with Crippen LogP contribution >= 0.6 is 0 Å². The van der Waals surface area contributed by atoms with Gasteiger partial charge in [-0.15, -0.1) is 0 Å². The van der Waals surface area contributed by atoms with Crippen molar-refractivity contribution in [1.29, 1.82) is 0 Å². The second kappa shape index (κ2) is 2.97. The third-order valence-corrected chi connectivity index (χ3v) is 2.03. The van der Waals surface area contributed by atoms with Crippen molar-refractivity contribution in [3.8, 4) is 0 Å². The molecule has 2 nitrogen and oxygen atoms in total. The summed E-state index contributed by atoms with van der Waals surface area (Å²) in [6.45, 7) is 3.10. The number of hydrazone groups is 1.